The van der Waals surface area contributed by atoms with Gasteiger partial charge in [0.25, 0.3) is 0 Å². The van der Waals surface area contributed by atoms with Crippen LogP contribution in [-0.4, -0.2) is 41.1 Å². The van der Waals surface area contributed by atoms with Gasteiger partial charge in [0.2, 0.25) is 0 Å². The maximum absolute atomic E-state index is 10.7. The second-order valence-corrected chi connectivity index (χ2v) is 15.5. The summed E-state index contributed by atoms with van der Waals surface area (Å²) >= 11 is 0. The molecule has 0 aromatic heterocycles. The Morgan fingerprint density at radius 2 is 1.03 bits per heavy atom. The van der Waals surface area contributed by atoms with Gasteiger partial charge in [-0.3, -0.25) is 0 Å². The molecule has 2 saturated heterocycles. The summed E-state index contributed by atoms with van der Waals surface area (Å²) < 4.78 is 58.9. The second-order valence-electron chi connectivity index (χ2n) is 8.61. The number of rotatable bonds is 6. The molecule has 193 valence electrons. The van der Waals surface area contributed by atoms with Crippen LogP contribution in [0.25, 0.3) is 0 Å². The fraction of sp³-hybridized carbons (Fsp3) is 0.739. The first kappa shape index (κ1) is 31.4. The molecule has 33 heavy (non-hydrogen) atoms. The first-order valence-electron chi connectivity index (χ1n) is 11.7. The van der Waals surface area contributed by atoms with Gasteiger partial charge in [-0.05, 0) is 84.6 Å². The molecule has 1 aromatic rings. The quantitative estimate of drug-likeness (QED) is 0.156. The standard InChI is InChI=1S/C22H36P2.CHF3O3S.Rh/c1-5-17-13-14-18(6-2)23(17)21-11-9-10-12-22(21)24-19(7-3)15-16-20(24)8-4;2-1(3,4)8(5,6)7;/h9-12,17-20H,5-8,13-16H2,1-4H3;(H,5,6,7);/p-1/t17-,18-,19-,20-;;/m0../s1. The van der Waals surface area contributed by atoms with Gasteiger partial charge >= 0.3 is 5.51 Å². The number of alkyl halides is 3. The van der Waals surface area contributed by atoms with E-state index in [1.165, 1.54) is 51.4 Å². The van der Waals surface area contributed by atoms with Crippen molar-refractivity contribution in [2.24, 2.45) is 0 Å². The van der Waals surface area contributed by atoms with E-state index in [0.717, 1.165) is 22.6 Å². The van der Waals surface area contributed by atoms with Crippen molar-refractivity contribution in [3.8, 4) is 0 Å². The van der Waals surface area contributed by atoms with Crippen LogP contribution in [0.15, 0.2) is 24.3 Å². The van der Waals surface area contributed by atoms with Gasteiger partial charge in [-0.1, -0.05) is 67.8 Å². The zero-order valence-electron chi connectivity index (χ0n) is 19.8. The molecule has 0 spiro atoms. The summed E-state index contributed by atoms with van der Waals surface area (Å²) in [5, 5.41) is 3.68. The molecule has 1 aromatic carbocycles. The molecule has 3 rings (SSSR count). The molecular formula is C23H36F3O3P2RhS-. The van der Waals surface area contributed by atoms with Gasteiger partial charge in [-0.25, -0.2) is 8.42 Å². The fourth-order valence-electron chi connectivity index (χ4n) is 5.21. The minimum absolute atomic E-state index is 0. The topological polar surface area (TPSA) is 57.2 Å². The molecule has 2 heterocycles. The number of hydrogen-bond acceptors (Lipinski definition) is 3. The maximum Gasteiger partial charge on any atom is 0.485 e. The van der Waals surface area contributed by atoms with Crippen molar-refractivity contribution in [1.82, 2.24) is 0 Å². The van der Waals surface area contributed by atoms with E-state index < -0.39 is 15.6 Å². The van der Waals surface area contributed by atoms with Crippen molar-refractivity contribution in [2.75, 3.05) is 0 Å². The van der Waals surface area contributed by atoms with E-state index >= 15 is 0 Å². The van der Waals surface area contributed by atoms with Gasteiger partial charge < -0.3 is 4.55 Å². The Morgan fingerprint density at radius 3 is 1.21 bits per heavy atom. The van der Waals surface area contributed by atoms with E-state index in [1.807, 2.05) is 10.6 Å². The molecule has 0 saturated carbocycles. The molecule has 2 aliphatic rings. The van der Waals surface area contributed by atoms with E-state index in [2.05, 4.69) is 52.0 Å². The summed E-state index contributed by atoms with van der Waals surface area (Å²) in [6.45, 7) is 9.74. The SMILES string of the molecule is CC[C@H]1CC[C@H](CC)P1c1ccccc1P1[C@@H](CC)CC[C@@H]1CC.O=S(=O)([O-])C(F)(F)F.[Rh]. The monoisotopic (exact) mass is 614 g/mol. The van der Waals surface area contributed by atoms with Crippen molar-refractivity contribution >= 4 is 36.6 Å². The Morgan fingerprint density at radius 1 is 0.788 bits per heavy atom. The zero-order chi connectivity index (χ0) is 24.1. The van der Waals surface area contributed by atoms with Crippen molar-refractivity contribution in [2.45, 2.75) is 107 Å². The zero-order valence-corrected chi connectivity index (χ0v) is 24.0. The minimum Gasteiger partial charge on any atom is -0.741 e. The Bertz CT molecular complexity index is 767. The number of halogens is 3. The molecule has 3 nitrogen and oxygen atoms in total. The van der Waals surface area contributed by atoms with E-state index in [0.29, 0.717) is 0 Å². The third-order valence-corrected chi connectivity index (χ3v) is 15.1. The predicted octanol–water partition coefficient (Wildman–Crippen LogP) is 6.65. The molecular weight excluding hydrogens is 578 g/mol. The van der Waals surface area contributed by atoms with E-state index in [-0.39, 0.29) is 35.3 Å². The molecule has 2 fully saturated rings. The van der Waals surface area contributed by atoms with Crippen LogP contribution in [0.3, 0.4) is 0 Å². The summed E-state index contributed by atoms with van der Waals surface area (Å²) in [7, 11) is -5.96. The van der Waals surface area contributed by atoms with E-state index in [9.17, 15) is 13.2 Å². The number of benzene rings is 1. The Kier molecular flexibility index (Phi) is 13.0. The molecule has 10 heteroatoms. The van der Waals surface area contributed by atoms with Gasteiger partial charge in [-0.2, -0.15) is 13.2 Å². The van der Waals surface area contributed by atoms with Gasteiger partial charge in [0.05, 0.1) is 0 Å². The second kappa shape index (κ2) is 13.6. The fourth-order valence-corrected chi connectivity index (χ4v) is 13.1. The summed E-state index contributed by atoms with van der Waals surface area (Å²) in [6, 6.07) is 9.79. The van der Waals surface area contributed by atoms with Gasteiger partial charge in [-0.15, -0.1) is 0 Å². The molecule has 1 radical (unpaired) electrons. The molecule has 0 amide bonds. The van der Waals surface area contributed by atoms with Crippen LogP contribution in [-0.2, 0) is 29.6 Å². The van der Waals surface area contributed by atoms with Crippen LogP contribution in [0.2, 0.25) is 0 Å². The number of hydrogen-bond donors (Lipinski definition) is 0. The summed E-state index contributed by atoms with van der Waals surface area (Å²) in [5.74, 6) is 0. The molecule has 4 atom stereocenters. The average Bonchev–Trinajstić information content (AvgIpc) is 3.35. The first-order valence-corrected chi connectivity index (χ1v) is 16.0. The van der Waals surface area contributed by atoms with Crippen LogP contribution in [0.5, 0.6) is 0 Å². The van der Waals surface area contributed by atoms with Crippen LogP contribution < -0.4 is 10.6 Å². The average molecular weight is 614 g/mol. The van der Waals surface area contributed by atoms with Crippen molar-refractivity contribution in [1.29, 1.82) is 0 Å². The van der Waals surface area contributed by atoms with Crippen molar-refractivity contribution in [3.05, 3.63) is 24.3 Å². The third-order valence-electron chi connectivity index (χ3n) is 6.85. The van der Waals surface area contributed by atoms with Crippen LogP contribution in [0.4, 0.5) is 13.2 Å². The normalized spacial score (nSPS) is 26.5. The molecule has 2 aliphatic heterocycles. The van der Waals surface area contributed by atoms with Crippen molar-refractivity contribution in [3.63, 3.8) is 0 Å². The predicted molar refractivity (Wildman–Crippen MR) is 130 cm³/mol. The minimum atomic E-state index is -6.09. The van der Waals surface area contributed by atoms with Gasteiger partial charge in [0.1, 0.15) is 0 Å². The smallest absolute Gasteiger partial charge is 0.485 e. The Labute approximate surface area is 213 Å². The summed E-state index contributed by atoms with van der Waals surface area (Å²) in [6.07, 6.45) is 11.5. The molecule has 0 aliphatic carbocycles. The van der Waals surface area contributed by atoms with E-state index in [1.54, 1.807) is 0 Å². The van der Waals surface area contributed by atoms with Gasteiger partial charge in [0.15, 0.2) is 10.1 Å². The largest absolute Gasteiger partial charge is 0.741 e. The van der Waals surface area contributed by atoms with Crippen LogP contribution in [0.1, 0.15) is 79.1 Å². The van der Waals surface area contributed by atoms with E-state index in [4.69, 9.17) is 13.0 Å². The van der Waals surface area contributed by atoms with Gasteiger partial charge in [0, 0.05) is 19.5 Å². The maximum atomic E-state index is 10.7. The summed E-state index contributed by atoms with van der Waals surface area (Å²) in [5.41, 5.74) is -1.69. The van der Waals surface area contributed by atoms with Crippen LogP contribution >= 0.6 is 15.8 Å². The Hall–Kier alpha value is 0.403. The first-order chi connectivity index (χ1) is 15.0. The molecule has 0 N–H and O–H groups in total. The third kappa shape index (κ3) is 7.69. The summed E-state index contributed by atoms with van der Waals surface area (Å²) in [4.78, 5) is 0. The molecule has 0 bridgehead atoms. The van der Waals surface area contributed by atoms with Crippen LogP contribution in [0, 0.1) is 0 Å². The van der Waals surface area contributed by atoms with Crippen molar-refractivity contribution < 1.29 is 45.6 Å². The Balaban J connectivity index is 0.000000523. The molecule has 0 unspecified atom stereocenters.